The number of hydrogen-bond donors (Lipinski definition) is 1. The van der Waals surface area contributed by atoms with E-state index in [0.29, 0.717) is 18.6 Å². The summed E-state index contributed by atoms with van der Waals surface area (Å²) in [7, 11) is 0. The topological polar surface area (TPSA) is 50.8 Å². The summed E-state index contributed by atoms with van der Waals surface area (Å²) in [6.07, 6.45) is 5.77. The SMILES string of the molecule is CC(C)(C)OC(=O)CCN1CCC(OC2CCNCC2)CC1. The molecular formula is C17H32N2O3. The van der Waals surface area contributed by atoms with Crippen molar-refractivity contribution in [1.82, 2.24) is 10.2 Å². The van der Waals surface area contributed by atoms with Gasteiger partial charge in [0, 0.05) is 19.6 Å². The van der Waals surface area contributed by atoms with Crippen molar-refractivity contribution in [3.8, 4) is 0 Å². The molecule has 2 rings (SSSR count). The highest BCUT2D eigenvalue weighted by Gasteiger charge is 2.24. The largest absolute Gasteiger partial charge is 0.460 e. The van der Waals surface area contributed by atoms with Gasteiger partial charge in [-0.3, -0.25) is 4.79 Å². The molecule has 0 aromatic rings. The summed E-state index contributed by atoms with van der Waals surface area (Å²) in [6.45, 7) is 10.8. The molecule has 0 amide bonds. The Kier molecular flexibility index (Phi) is 6.66. The maximum absolute atomic E-state index is 11.7. The first-order valence-electron chi connectivity index (χ1n) is 8.73. The molecule has 22 heavy (non-hydrogen) atoms. The molecule has 5 nitrogen and oxygen atoms in total. The van der Waals surface area contributed by atoms with Crippen molar-refractivity contribution in [3.63, 3.8) is 0 Å². The molecule has 5 heteroatoms. The van der Waals surface area contributed by atoms with E-state index in [4.69, 9.17) is 9.47 Å². The summed E-state index contributed by atoms with van der Waals surface area (Å²) in [6, 6.07) is 0. The zero-order valence-corrected chi connectivity index (χ0v) is 14.4. The Labute approximate surface area is 134 Å². The predicted molar refractivity (Wildman–Crippen MR) is 86.9 cm³/mol. The summed E-state index contributed by atoms with van der Waals surface area (Å²) in [5, 5.41) is 3.37. The van der Waals surface area contributed by atoms with Crippen molar-refractivity contribution >= 4 is 5.97 Å². The fourth-order valence-corrected chi connectivity index (χ4v) is 3.11. The van der Waals surface area contributed by atoms with Gasteiger partial charge in [0.2, 0.25) is 0 Å². The van der Waals surface area contributed by atoms with Gasteiger partial charge in [0.25, 0.3) is 0 Å². The first-order valence-corrected chi connectivity index (χ1v) is 8.73. The minimum absolute atomic E-state index is 0.0967. The third kappa shape index (κ3) is 6.63. The lowest BCUT2D eigenvalue weighted by atomic mass is 10.1. The summed E-state index contributed by atoms with van der Waals surface area (Å²) < 4.78 is 11.6. The van der Waals surface area contributed by atoms with Crippen molar-refractivity contribution in [2.24, 2.45) is 0 Å². The number of likely N-dealkylation sites (tertiary alicyclic amines) is 1. The number of piperidine rings is 2. The first-order chi connectivity index (χ1) is 10.4. The highest BCUT2D eigenvalue weighted by atomic mass is 16.6. The van der Waals surface area contributed by atoms with Gasteiger partial charge in [-0.15, -0.1) is 0 Å². The molecular weight excluding hydrogens is 280 g/mol. The van der Waals surface area contributed by atoms with Crippen LogP contribution in [0, 0.1) is 0 Å². The number of rotatable bonds is 5. The molecule has 0 aromatic heterocycles. The Bertz CT molecular complexity index is 340. The van der Waals surface area contributed by atoms with Crippen LogP contribution in [-0.2, 0) is 14.3 Å². The Morgan fingerprint density at radius 3 is 2.27 bits per heavy atom. The molecule has 2 aliphatic heterocycles. The fourth-order valence-electron chi connectivity index (χ4n) is 3.11. The van der Waals surface area contributed by atoms with Crippen molar-refractivity contribution in [1.29, 1.82) is 0 Å². The van der Waals surface area contributed by atoms with Gasteiger partial charge >= 0.3 is 5.97 Å². The lowest BCUT2D eigenvalue weighted by Gasteiger charge is -2.35. The van der Waals surface area contributed by atoms with Crippen LogP contribution in [0.3, 0.4) is 0 Å². The van der Waals surface area contributed by atoms with E-state index in [-0.39, 0.29) is 11.6 Å². The quantitative estimate of drug-likeness (QED) is 0.786. The molecule has 0 atom stereocenters. The molecule has 128 valence electrons. The lowest BCUT2D eigenvalue weighted by molar-refractivity contribution is -0.155. The van der Waals surface area contributed by atoms with Crippen LogP contribution in [0.2, 0.25) is 0 Å². The van der Waals surface area contributed by atoms with Gasteiger partial charge in [-0.25, -0.2) is 0 Å². The first kappa shape index (κ1) is 17.7. The number of hydrogen-bond acceptors (Lipinski definition) is 5. The van der Waals surface area contributed by atoms with E-state index in [1.165, 1.54) is 0 Å². The third-order valence-corrected chi connectivity index (χ3v) is 4.26. The zero-order chi connectivity index (χ0) is 16.0. The maximum atomic E-state index is 11.7. The van der Waals surface area contributed by atoms with Gasteiger partial charge in [0.1, 0.15) is 5.60 Å². The second-order valence-corrected chi connectivity index (χ2v) is 7.46. The van der Waals surface area contributed by atoms with Crippen LogP contribution < -0.4 is 5.32 Å². The van der Waals surface area contributed by atoms with Crippen LogP contribution in [0.5, 0.6) is 0 Å². The Morgan fingerprint density at radius 2 is 1.68 bits per heavy atom. The summed E-state index contributed by atoms with van der Waals surface area (Å²) in [4.78, 5) is 14.1. The van der Waals surface area contributed by atoms with E-state index in [0.717, 1.165) is 58.4 Å². The van der Waals surface area contributed by atoms with Crippen LogP contribution >= 0.6 is 0 Å². The molecule has 1 N–H and O–H groups in total. The van der Waals surface area contributed by atoms with E-state index < -0.39 is 0 Å². The van der Waals surface area contributed by atoms with E-state index in [2.05, 4.69) is 10.2 Å². The molecule has 2 saturated heterocycles. The van der Waals surface area contributed by atoms with Gasteiger partial charge in [-0.2, -0.15) is 0 Å². The van der Waals surface area contributed by atoms with Gasteiger partial charge in [0.15, 0.2) is 0 Å². The Balaban J connectivity index is 1.59. The van der Waals surface area contributed by atoms with Crippen LogP contribution in [0.15, 0.2) is 0 Å². The molecule has 0 saturated carbocycles. The number of nitrogens with one attached hydrogen (secondary N) is 1. The van der Waals surface area contributed by atoms with Crippen molar-refractivity contribution in [2.45, 2.75) is 70.7 Å². The van der Waals surface area contributed by atoms with Gasteiger partial charge in [-0.1, -0.05) is 0 Å². The monoisotopic (exact) mass is 312 g/mol. The number of carbonyl (C=O) groups is 1. The number of carbonyl (C=O) groups excluding carboxylic acids is 1. The van der Waals surface area contributed by atoms with Crippen LogP contribution in [0.1, 0.15) is 52.9 Å². The highest BCUT2D eigenvalue weighted by Crippen LogP contribution is 2.19. The van der Waals surface area contributed by atoms with Crippen LogP contribution in [0.25, 0.3) is 0 Å². The van der Waals surface area contributed by atoms with Crippen molar-refractivity contribution in [3.05, 3.63) is 0 Å². The fraction of sp³-hybridized carbons (Fsp3) is 0.941. The third-order valence-electron chi connectivity index (χ3n) is 4.26. The number of ether oxygens (including phenoxy) is 2. The normalized spacial score (nSPS) is 22.7. The second kappa shape index (κ2) is 8.27. The Morgan fingerprint density at radius 1 is 1.09 bits per heavy atom. The van der Waals surface area contributed by atoms with E-state index in [1.807, 2.05) is 20.8 Å². The predicted octanol–water partition coefficient (Wildman–Crippen LogP) is 1.95. The average Bonchev–Trinajstić information content (AvgIpc) is 2.46. The number of nitrogens with zero attached hydrogens (tertiary/aromatic N) is 1. The summed E-state index contributed by atoms with van der Waals surface area (Å²) >= 11 is 0. The van der Waals surface area contributed by atoms with Gasteiger partial charge < -0.3 is 19.7 Å². The molecule has 0 aromatic carbocycles. The van der Waals surface area contributed by atoms with E-state index in [9.17, 15) is 4.79 Å². The van der Waals surface area contributed by atoms with Gasteiger partial charge in [-0.05, 0) is 59.5 Å². The standard InChI is InChI=1S/C17H32N2O3/c1-17(2,3)22-16(20)8-13-19-11-6-15(7-12-19)21-14-4-9-18-10-5-14/h14-15,18H,4-13H2,1-3H3. The van der Waals surface area contributed by atoms with Crippen molar-refractivity contribution in [2.75, 3.05) is 32.7 Å². The molecule has 0 unspecified atom stereocenters. The minimum Gasteiger partial charge on any atom is -0.460 e. The van der Waals surface area contributed by atoms with Crippen molar-refractivity contribution < 1.29 is 14.3 Å². The highest BCUT2D eigenvalue weighted by molar-refractivity contribution is 5.70. The zero-order valence-electron chi connectivity index (χ0n) is 14.4. The molecule has 0 bridgehead atoms. The van der Waals surface area contributed by atoms with Crippen LogP contribution in [0.4, 0.5) is 0 Å². The van der Waals surface area contributed by atoms with Crippen LogP contribution in [-0.4, -0.2) is 61.4 Å². The Hall–Kier alpha value is -0.650. The molecule has 0 aliphatic carbocycles. The second-order valence-electron chi connectivity index (χ2n) is 7.46. The minimum atomic E-state index is -0.382. The van der Waals surface area contributed by atoms with E-state index in [1.54, 1.807) is 0 Å². The lowest BCUT2D eigenvalue weighted by Crippen LogP contribution is -2.41. The van der Waals surface area contributed by atoms with Gasteiger partial charge in [0.05, 0.1) is 18.6 Å². The number of esters is 1. The average molecular weight is 312 g/mol. The molecule has 0 spiro atoms. The molecule has 2 fully saturated rings. The molecule has 2 aliphatic rings. The van der Waals surface area contributed by atoms with E-state index >= 15 is 0 Å². The molecule has 0 radical (unpaired) electrons. The summed E-state index contributed by atoms with van der Waals surface area (Å²) in [5.74, 6) is -0.0967. The molecule has 2 heterocycles. The maximum Gasteiger partial charge on any atom is 0.307 e. The summed E-state index contributed by atoms with van der Waals surface area (Å²) in [5.41, 5.74) is -0.382. The smallest absolute Gasteiger partial charge is 0.307 e.